The van der Waals surface area contributed by atoms with Crippen molar-refractivity contribution in [1.82, 2.24) is 5.32 Å². The van der Waals surface area contributed by atoms with Crippen LogP contribution in [-0.4, -0.2) is 13.1 Å². The third-order valence-corrected chi connectivity index (χ3v) is 2.80. The highest BCUT2D eigenvalue weighted by molar-refractivity contribution is 5.11. The molecule has 1 aliphatic heterocycles. The van der Waals surface area contributed by atoms with Crippen molar-refractivity contribution in [1.29, 1.82) is 0 Å². The van der Waals surface area contributed by atoms with Crippen LogP contribution in [0.15, 0.2) is 11.6 Å². The number of hydrogen-bond acceptors (Lipinski definition) is 1. The number of rotatable bonds is 1. The molecule has 0 aromatic carbocycles. The lowest BCUT2D eigenvalue weighted by Gasteiger charge is -2.24. The van der Waals surface area contributed by atoms with E-state index in [4.69, 9.17) is 0 Å². The molecule has 0 bridgehead atoms. The Morgan fingerprint density at radius 1 is 1.27 bits per heavy atom. The summed E-state index contributed by atoms with van der Waals surface area (Å²) < 4.78 is 0. The Kier molecular flexibility index (Phi) is 2.27. The van der Waals surface area contributed by atoms with Crippen molar-refractivity contribution in [3.8, 4) is 0 Å². The zero-order valence-electron chi connectivity index (χ0n) is 7.10. The highest BCUT2D eigenvalue weighted by Gasteiger charge is 2.14. The van der Waals surface area contributed by atoms with Gasteiger partial charge in [0.15, 0.2) is 0 Å². The quantitative estimate of drug-likeness (QED) is 0.566. The fourth-order valence-electron chi connectivity index (χ4n) is 1.90. The van der Waals surface area contributed by atoms with Crippen LogP contribution in [-0.2, 0) is 0 Å². The summed E-state index contributed by atoms with van der Waals surface area (Å²) >= 11 is 0. The Morgan fingerprint density at radius 2 is 2.18 bits per heavy atom. The average molecular weight is 151 g/mol. The first-order valence-electron chi connectivity index (χ1n) is 4.85. The Morgan fingerprint density at radius 3 is 2.73 bits per heavy atom. The molecule has 1 saturated carbocycles. The molecule has 0 unspecified atom stereocenters. The number of hydrogen-bond donors (Lipinski definition) is 1. The van der Waals surface area contributed by atoms with E-state index in [0.29, 0.717) is 0 Å². The van der Waals surface area contributed by atoms with Crippen LogP contribution in [0.25, 0.3) is 0 Å². The van der Waals surface area contributed by atoms with Crippen molar-refractivity contribution >= 4 is 0 Å². The van der Waals surface area contributed by atoms with E-state index < -0.39 is 0 Å². The van der Waals surface area contributed by atoms with E-state index in [2.05, 4.69) is 11.4 Å². The summed E-state index contributed by atoms with van der Waals surface area (Å²) in [5.74, 6) is 0.860. The lowest BCUT2D eigenvalue weighted by atomic mass is 9.87. The van der Waals surface area contributed by atoms with Crippen molar-refractivity contribution in [2.45, 2.75) is 32.1 Å². The average Bonchev–Trinajstić information content (AvgIpc) is 1.99. The molecule has 62 valence electrons. The molecular weight excluding hydrogens is 134 g/mol. The van der Waals surface area contributed by atoms with Crippen molar-refractivity contribution in [3.05, 3.63) is 11.6 Å². The highest BCUT2D eigenvalue weighted by Crippen LogP contribution is 2.27. The summed E-state index contributed by atoms with van der Waals surface area (Å²) in [5, 5.41) is 3.44. The van der Waals surface area contributed by atoms with E-state index >= 15 is 0 Å². The highest BCUT2D eigenvalue weighted by atomic mass is 14.9. The maximum atomic E-state index is 3.44. The van der Waals surface area contributed by atoms with Gasteiger partial charge in [-0.2, -0.15) is 0 Å². The minimum atomic E-state index is 0.860. The van der Waals surface area contributed by atoms with Gasteiger partial charge in [-0.3, -0.25) is 0 Å². The van der Waals surface area contributed by atoms with Gasteiger partial charge in [0.05, 0.1) is 0 Å². The van der Waals surface area contributed by atoms with Crippen molar-refractivity contribution in [2.24, 2.45) is 5.92 Å². The molecule has 0 amide bonds. The molecule has 1 heteroatoms. The number of allylic oxidation sites excluding steroid dienone is 1. The molecule has 0 spiro atoms. The van der Waals surface area contributed by atoms with Gasteiger partial charge in [0.25, 0.3) is 0 Å². The molecular formula is C10H17N. The summed E-state index contributed by atoms with van der Waals surface area (Å²) in [6.07, 6.45) is 9.51. The molecule has 1 nitrogen and oxygen atoms in total. The van der Waals surface area contributed by atoms with Gasteiger partial charge in [0.2, 0.25) is 0 Å². The first kappa shape index (κ1) is 7.35. The zero-order chi connectivity index (χ0) is 7.52. The second-order valence-corrected chi connectivity index (χ2v) is 3.78. The normalized spacial score (nSPS) is 31.3. The first-order chi connectivity index (χ1) is 5.45. The van der Waals surface area contributed by atoms with E-state index in [1.54, 1.807) is 5.57 Å². The van der Waals surface area contributed by atoms with Crippen LogP contribution in [0.4, 0.5) is 0 Å². The van der Waals surface area contributed by atoms with Gasteiger partial charge in [-0.15, -0.1) is 0 Å². The summed E-state index contributed by atoms with van der Waals surface area (Å²) in [7, 11) is 0. The molecule has 1 aliphatic carbocycles. The van der Waals surface area contributed by atoms with Crippen molar-refractivity contribution in [3.63, 3.8) is 0 Å². The van der Waals surface area contributed by atoms with E-state index in [-0.39, 0.29) is 0 Å². The van der Waals surface area contributed by atoms with Crippen LogP contribution in [0.2, 0.25) is 0 Å². The summed E-state index contributed by atoms with van der Waals surface area (Å²) in [6.45, 7) is 2.46. The van der Waals surface area contributed by atoms with Gasteiger partial charge in [-0.05, 0) is 44.6 Å². The molecule has 0 aromatic rings. The third kappa shape index (κ3) is 1.84. The SMILES string of the molecule is C(=C1CCC1)[C@@H]1CCCNC1. The first-order valence-corrected chi connectivity index (χ1v) is 4.85. The second kappa shape index (κ2) is 3.40. The number of piperidine rings is 1. The smallest absolute Gasteiger partial charge is 0.00143 e. The summed E-state index contributed by atoms with van der Waals surface area (Å²) in [5.41, 5.74) is 1.72. The molecule has 0 aromatic heterocycles. The minimum absolute atomic E-state index is 0.860. The fourth-order valence-corrected chi connectivity index (χ4v) is 1.90. The monoisotopic (exact) mass is 151 g/mol. The van der Waals surface area contributed by atoms with Crippen LogP contribution < -0.4 is 5.32 Å². The van der Waals surface area contributed by atoms with E-state index in [0.717, 1.165) is 5.92 Å². The minimum Gasteiger partial charge on any atom is -0.316 e. The van der Waals surface area contributed by atoms with Gasteiger partial charge in [-0.1, -0.05) is 11.6 Å². The maximum Gasteiger partial charge on any atom is 0.00143 e. The van der Waals surface area contributed by atoms with E-state index in [1.165, 1.54) is 45.2 Å². The summed E-state index contributed by atoms with van der Waals surface area (Å²) in [6, 6.07) is 0. The fraction of sp³-hybridized carbons (Fsp3) is 0.800. The Labute approximate surface area is 68.9 Å². The molecule has 1 saturated heterocycles. The van der Waals surface area contributed by atoms with Gasteiger partial charge >= 0.3 is 0 Å². The van der Waals surface area contributed by atoms with Crippen LogP contribution in [0.1, 0.15) is 32.1 Å². The maximum absolute atomic E-state index is 3.44. The lowest BCUT2D eigenvalue weighted by molar-refractivity contribution is 0.432. The van der Waals surface area contributed by atoms with Crippen LogP contribution in [0, 0.1) is 5.92 Å². The van der Waals surface area contributed by atoms with E-state index in [9.17, 15) is 0 Å². The lowest BCUT2D eigenvalue weighted by Crippen LogP contribution is -2.29. The van der Waals surface area contributed by atoms with Gasteiger partial charge in [0.1, 0.15) is 0 Å². The predicted octanol–water partition coefficient (Wildman–Crippen LogP) is 2.10. The second-order valence-electron chi connectivity index (χ2n) is 3.78. The van der Waals surface area contributed by atoms with Gasteiger partial charge in [0, 0.05) is 6.54 Å². The molecule has 0 radical (unpaired) electrons. The standard InChI is InChI=1S/C10H17N/c1-3-9(4-1)7-10-5-2-6-11-8-10/h7,10-11H,1-6,8H2/t10-/m0/s1. The Hall–Kier alpha value is -0.300. The topological polar surface area (TPSA) is 12.0 Å². The van der Waals surface area contributed by atoms with Crippen molar-refractivity contribution in [2.75, 3.05) is 13.1 Å². The summed E-state index contributed by atoms with van der Waals surface area (Å²) in [4.78, 5) is 0. The molecule has 2 fully saturated rings. The van der Waals surface area contributed by atoms with Gasteiger partial charge < -0.3 is 5.32 Å². The van der Waals surface area contributed by atoms with Crippen molar-refractivity contribution < 1.29 is 0 Å². The molecule has 1 heterocycles. The molecule has 1 atom stereocenters. The van der Waals surface area contributed by atoms with Crippen LogP contribution in [0.3, 0.4) is 0 Å². The van der Waals surface area contributed by atoms with E-state index in [1.807, 2.05) is 0 Å². The van der Waals surface area contributed by atoms with Gasteiger partial charge in [-0.25, -0.2) is 0 Å². The predicted molar refractivity (Wildman–Crippen MR) is 47.5 cm³/mol. The Bertz CT molecular complexity index is 148. The molecule has 1 N–H and O–H groups in total. The largest absolute Gasteiger partial charge is 0.316 e. The van der Waals surface area contributed by atoms with Crippen LogP contribution in [0.5, 0.6) is 0 Å². The number of nitrogens with one attached hydrogen (secondary N) is 1. The molecule has 2 aliphatic rings. The molecule has 11 heavy (non-hydrogen) atoms. The Balaban J connectivity index is 1.83. The zero-order valence-corrected chi connectivity index (χ0v) is 7.10. The molecule has 2 rings (SSSR count). The van der Waals surface area contributed by atoms with Crippen LogP contribution >= 0.6 is 0 Å². The third-order valence-electron chi connectivity index (χ3n) is 2.80.